The molecule has 30 heavy (non-hydrogen) atoms. The summed E-state index contributed by atoms with van der Waals surface area (Å²) < 4.78 is 11.7. The second kappa shape index (κ2) is 9.98. The third kappa shape index (κ3) is 5.21. The van der Waals surface area contributed by atoms with E-state index in [1.54, 1.807) is 36.6 Å². The van der Waals surface area contributed by atoms with Gasteiger partial charge in [0, 0.05) is 16.6 Å². The Hall–Kier alpha value is -3.25. The molecule has 0 radical (unpaired) electrons. The Kier molecular flexibility index (Phi) is 7.14. The molecule has 158 valence electrons. The van der Waals surface area contributed by atoms with Gasteiger partial charge >= 0.3 is 0 Å². The van der Waals surface area contributed by atoms with Crippen LogP contribution in [0.2, 0.25) is 0 Å². The van der Waals surface area contributed by atoms with E-state index in [0.717, 1.165) is 22.4 Å². The lowest BCUT2D eigenvalue weighted by Gasteiger charge is -2.10. The number of nitrogens with one attached hydrogen (secondary N) is 2. The fourth-order valence-corrected chi connectivity index (χ4v) is 3.70. The number of thioether (sulfide) groups is 1. The summed E-state index contributed by atoms with van der Waals surface area (Å²) in [6, 6.07) is 9.05. The van der Waals surface area contributed by atoms with Crippen molar-refractivity contribution in [2.45, 2.75) is 12.1 Å². The summed E-state index contributed by atoms with van der Waals surface area (Å²) in [5.41, 5.74) is 4.18. The number of nitrogens with two attached hydrogens (primary N) is 1. The van der Waals surface area contributed by atoms with E-state index in [1.807, 2.05) is 24.4 Å². The molecule has 0 saturated carbocycles. The van der Waals surface area contributed by atoms with Crippen molar-refractivity contribution in [3.8, 4) is 11.5 Å². The van der Waals surface area contributed by atoms with Crippen LogP contribution in [0.3, 0.4) is 0 Å². The molecule has 0 atom stereocenters. The van der Waals surface area contributed by atoms with E-state index in [4.69, 9.17) is 15.3 Å². The second-order valence-electron chi connectivity index (χ2n) is 5.87. The highest BCUT2D eigenvalue weighted by atomic mass is 32.2. The van der Waals surface area contributed by atoms with Gasteiger partial charge in [0.1, 0.15) is 0 Å². The summed E-state index contributed by atoms with van der Waals surface area (Å²) in [7, 11) is 3.08. The normalized spacial score (nSPS) is 11.2. The first-order valence-corrected chi connectivity index (χ1v) is 10.6. The van der Waals surface area contributed by atoms with E-state index in [-0.39, 0.29) is 17.6 Å². The Morgan fingerprint density at radius 2 is 2.07 bits per heavy atom. The molecule has 3 rings (SSSR count). The summed E-state index contributed by atoms with van der Waals surface area (Å²) in [6.07, 6.45) is 0. The quantitative estimate of drug-likeness (QED) is 0.198. The minimum absolute atomic E-state index is 0.0984. The largest absolute Gasteiger partial charge is 0.493 e. The smallest absolute Gasteiger partial charge is 0.264 e. The number of nitrogen functional groups attached to an aromatic ring is 1. The first kappa shape index (κ1) is 21.5. The maximum atomic E-state index is 12.3. The number of hydrogen-bond acceptors (Lipinski definition) is 10. The maximum absolute atomic E-state index is 12.3. The molecule has 4 N–H and O–H groups in total. The minimum atomic E-state index is -0.226. The van der Waals surface area contributed by atoms with Crippen LogP contribution in [0.25, 0.3) is 0 Å². The number of benzene rings is 1. The van der Waals surface area contributed by atoms with Gasteiger partial charge in [0.25, 0.3) is 5.95 Å². The predicted octanol–water partition coefficient (Wildman–Crippen LogP) is 2.64. The van der Waals surface area contributed by atoms with Gasteiger partial charge in [-0.1, -0.05) is 17.8 Å². The Morgan fingerprint density at radius 1 is 1.27 bits per heavy atom. The van der Waals surface area contributed by atoms with Crippen molar-refractivity contribution in [3.05, 3.63) is 40.6 Å². The van der Waals surface area contributed by atoms with Crippen LogP contribution in [0.1, 0.15) is 11.8 Å². The number of carbonyl (C=O) groups is 1. The molecule has 0 saturated heterocycles. The monoisotopic (exact) mass is 447 g/mol. The second-order valence-corrected chi connectivity index (χ2v) is 7.76. The molecule has 12 heteroatoms. The molecule has 0 spiro atoms. The standard InChI is InChI=1S/C18H21N7O3S2/c1-11(15-5-4-8-29-15)21-22-17-23-24-18(25(17)19)30-10-16(26)20-12-6-7-13(27-2)14(9-12)28-3/h4-9H,10,19H2,1-3H3,(H,20,26)(H,22,23)/b21-11+. The highest BCUT2D eigenvalue weighted by molar-refractivity contribution is 7.99. The Labute approximate surface area is 181 Å². The van der Waals surface area contributed by atoms with Crippen LogP contribution in [-0.4, -0.2) is 46.5 Å². The molecule has 10 nitrogen and oxygen atoms in total. The molecule has 0 aliphatic heterocycles. The first-order valence-electron chi connectivity index (χ1n) is 8.71. The molecule has 0 bridgehead atoms. The summed E-state index contributed by atoms with van der Waals surface area (Å²) in [5.74, 6) is 7.25. The number of hydrogen-bond donors (Lipinski definition) is 3. The van der Waals surface area contributed by atoms with Crippen LogP contribution in [0, 0.1) is 0 Å². The maximum Gasteiger partial charge on any atom is 0.264 e. The molecule has 3 aromatic rings. The Morgan fingerprint density at radius 3 is 2.77 bits per heavy atom. The van der Waals surface area contributed by atoms with Crippen molar-refractivity contribution in [2.24, 2.45) is 5.10 Å². The van der Waals surface area contributed by atoms with E-state index < -0.39 is 0 Å². The third-order valence-corrected chi connectivity index (χ3v) is 5.79. The number of methoxy groups -OCH3 is 2. The molecular weight excluding hydrogens is 426 g/mol. The van der Waals surface area contributed by atoms with Crippen molar-refractivity contribution < 1.29 is 14.3 Å². The first-order chi connectivity index (χ1) is 14.5. The lowest BCUT2D eigenvalue weighted by atomic mass is 10.2. The summed E-state index contributed by atoms with van der Waals surface area (Å²) >= 11 is 2.74. The van der Waals surface area contributed by atoms with Gasteiger partial charge < -0.3 is 20.6 Å². The van der Waals surface area contributed by atoms with E-state index in [2.05, 4.69) is 26.0 Å². The van der Waals surface area contributed by atoms with Gasteiger partial charge in [-0.25, -0.2) is 10.1 Å². The van der Waals surface area contributed by atoms with Crippen LogP contribution in [-0.2, 0) is 4.79 Å². The number of hydrazone groups is 1. The van der Waals surface area contributed by atoms with Gasteiger partial charge in [-0.15, -0.1) is 21.5 Å². The van der Waals surface area contributed by atoms with Crippen LogP contribution in [0.5, 0.6) is 11.5 Å². The van der Waals surface area contributed by atoms with E-state index in [9.17, 15) is 4.79 Å². The van der Waals surface area contributed by atoms with E-state index >= 15 is 0 Å². The van der Waals surface area contributed by atoms with Gasteiger partial charge in [0.15, 0.2) is 11.5 Å². The molecular formula is C18H21N7O3S2. The number of ether oxygens (including phenoxy) is 2. The van der Waals surface area contributed by atoms with Gasteiger partial charge in [0.05, 0.1) is 25.7 Å². The van der Waals surface area contributed by atoms with Gasteiger partial charge in [-0.05, 0) is 30.5 Å². The summed E-state index contributed by atoms with van der Waals surface area (Å²) in [5, 5.41) is 17.4. The topological polar surface area (TPSA) is 129 Å². The van der Waals surface area contributed by atoms with Crippen LogP contribution in [0.15, 0.2) is 46.0 Å². The molecule has 1 aromatic carbocycles. The van der Waals surface area contributed by atoms with Crippen LogP contribution in [0.4, 0.5) is 11.6 Å². The number of thiophene rings is 1. The molecule has 2 heterocycles. The number of nitrogens with zero attached hydrogens (tertiary/aromatic N) is 4. The molecule has 1 amide bonds. The zero-order chi connectivity index (χ0) is 21.5. The number of rotatable bonds is 9. The molecule has 0 aliphatic carbocycles. The molecule has 0 fully saturated rings. The average Bonchev–Trinajstić information content (AvgIpc) is 3.41. The fraction of sp³-hybridized carbons (Fsp3) is 0.222. The van der Waals surface area contributed by atoms with Gasteiger partial charge in [0.2, 0.25) is 11.1 Å². The number of anilines is 2. The van der Waals surface area contributed by atoms with Crippen molar-refractivity contribution >= 4 is 46.4 Å². The SMILES string of the molecule is COc1ccc(NC(=O)CSc2nnc(N/N=C(\C)c3cccs3)n2N)cc1OC. The predicted molar refractivity (Wildman–Crippen MR) is 119 cm³/mol. The van der Waals surface area contributed by atoms with E-state index in [0.29, 0.717) is 22.3 Å². The summed E-state index contributed by atoms with van der Waals surface area (Å²) in [6.45, 7) is 1.88. The van der Waals surface area contributed by atoms with Gasteiger partial charge in [-0.2, -0.15) is 5.10 Å². The van der Waals surface area contributed by atoms with Crippen molar-refractivity contribution in [1.82, 2.24) is 14.9 Å². The van der Waals surface area contributed by atoms with Crippen molar-refractivity contribution in [1.29, 1.82) is 0 Å². The Bertz CT molecular complexity index is 1030. The van der Waals surface area contributed by atoms with Crippen molar-refractivity contribution in [2.75, 3.05) is 36.6 Å². The fourth-order valence-electron chi connectivity index (χ4n) is 2.37. The number of amides is 1. The zero-order valence-corrected chi connectivity index (χ0v) is 18.2. The van der Waals surface area contributed by atoms with Crippen molar-refractivity contribution in [3.63, 3.8) is 0 Å². The highest BCUT2D eigenvalue weighted by Crippen LogP contribution is 2.29. The van der Waals surface area contributed by atoms with Gasteiger partial charge in [-0.3, -0.25) is 4.79 Å². The lowest BCUT2D eigenvalue weighted by molar-refractivity contribution is -0.113. The number of carbonyl (C=O) groups excluding carboxylic acids is 1. The minimum Gasteiger partial charge on any atom is -0.493 e. The van der Waals surface area contributed by atoms with Crippen LogP contribution >= 0.6 is 23.1 Å². The molecule has 0 aliphatic rings. The average molecular weight is 448 g/mol. The van der Waals surface area contributed by atoms with Crippen LogP contribution < -0.4 is 26.1 Å². The third-order valence-electron chi connectivity index (χ3n) is 3.87. The number of aromatic nitrogens is 3. The molecule has 0 unspecified atom stereocenters. The lowest BCUT2D eigenvalue weighted by Crippen LogP contribution is -2.17. The zero-order valence-electron chi connectivity index (χ0n) is 16.6. The Balaban J connectivity index is 1.56. The highest BCUT2D eigenvalue weighted by Gasteiger charge is 2.13. The molecule has 2 aromatic heterocycles. The summed E-state index contributed by atoms with van der Waals surface area (Å²) in [4.78, 5) is 13.3. The van der Waals surface area contributed by atoms with E-state index in [1.165, 1.54) is 11.8 Å².